The first-order valence-corrected chi connectivity index (χ1v) is 13.0. The molecule has 0 saturated heterocycles. The summed E-state index contributed by atoms with van der Waals surface area (Å²) >= 11 is 0. The minimum Gasteiger partial charge on any atom is -0.353 e. The van der Waals surface area contributed by atoms with Crippen LogP contribution in [0.15, 0.2) is 64.5 Å². The Kier molecular flexibility index (Phi) is 4.81. The van der Waals surface area contributed by atoms with Crippen LogP contribution in [0, 0.1) is 5.92 Å². The fraction of sp³-hybridized carbons (Fsp3) is 0.280. The maximum atomic E-state index is 12.6. The van der Waals surface area contributed by atoms with Crippen LogP contribution in [0.5, 0.6) is 0 Å². The van der Waals surface area contributed by atoms with Gasteiger partial charge in [0.1, 0.15) is 5.82 Å². The molecule has 9 nitrogen and oxygen atoms in total. The van der Waals surface area contributed by atoms with E-state index in [0.717, 1.165) is 34.7 Å². The second-order valence-electron chi connectivity index (χ2n) is 9.24. The highest BCUT2D eigenvalue weighted by Crippen LogP contribution is 2.34. The second-order valence-corrected chi connectivity index (χ2v) is 11.1. The normalized spacial score (nSPS) is 14.4. The molecule has 6 rings (SSSR count). The number of fused-ring (bicyclic) bond motifs is 2. The average Bonchev–Trinajstić information content (AvgIpc) is 3.34. The van der Waals surface area contributed by atoms with Gasteiger partial charge in [-0.2, -0.15) is 0 Å². The largest absolute Gasteiger partial charge is 0.353 e. The van der Waals surface area contributed by atoms with E-state index < -0.39 is 10.0 Å². The van der Waals surface area contributed by atoms with Crippen molar-refractivity contribution in [2.24, 2.45) is 20.0 Å². The molecular formula is C25H26N6O3S. The van der Waals surface area contributed by atoms with Gasteiger partial charge >= 0.3 is 5.69 Å². The Morgan fingerprint density at radius 3 is 2.51 bits per heavy atom. The predicted octanol–water partition coefficient (Wildman–Crippen LogP) is 3.00. The third kappa shape index (κ3) is 3.52. The summed E-state index contributed by atoms with van der Waals surface area (Å²) in [5, 5.41) is 0. The highest BCUT2D eigenvalue weighted by Gasteiger charge is 2.23. The van der Waals surface area contributed by atoms with Crippen LogP contribution in [-0.4, -0.2) is 38.7 Å². The SMILES string of the molecule is CNS(=O)(=O)c1ccc2nc(-c3ccn(CC4CC4)c3)n(-c3ccc4c(c3)n(C)c(=O)n4C)c2c1. The van der Waals surface area contributed by atoms with Gasteiger partial charge in [-0.25, -0.2) is 22.9 Å². The van der Waals surface area contributed by atoms with E-state index in [0.29, 0.717) is 16.9 Å². The van der Waals surface area contributed by atoms with Crippen molar-refractivity contribution < 1.29 is 8.42 Å². The van der Waals surface area contributed by atoms with E-state index in [2.05, 4.69) is 21.7 Å². The van der Waals surface area contributed by atoms with Crippen LogP contribution in [0.3, 0.4) is 0 Å². The van der Waals surface area contributed by atoms with Crippen LogP contribution in [0.1, 0.15) is 12.8 Å². The van der Waals surface area contributed by atoms with Crippen LogP contribution in [0.25, 0.3) is 39.1 Å². The van der Waals surface area contributed by atoms with Gasteiger partial charge in [-0.3, -0.25) is 13.7 Å². The van der Waals surface area contributed by atoms with Crippen LogP contribution < -0.4 is 10.4 Å². The van der Waals surface area contributed by atoms with Crippen molar-refractivity contribution in [2.45, 2.75) is 24.3 Å². The maximum absolute atomic E-state index is 12.6. The van der Waals surface area contributed by atoms with Crippen LogP contribution >= 0.6 is 0 Å². The Morgan fingerprint density at radius 2 is 1.77 bits per heavy atom. The molecule has 0 bridgehead atoms. The van der Waals surface area contributed by atoms with E-state index in [1.165, 1.54) is 19.9 Å². The predicted molar refractivity (Wildman–Crippen MR) is 135 cm³/mol. The standard InChI is InChI=1S/C25H26N6O3S/c1-26-35(33,34)19-7-8-20-22(13-19)31(18-6-9-21-23(12-18)29(3)25(32)28(21)2)24(27-20)17-10-11-30(15-17)14-16-4-5-16/h6-13,15-16,26H,4-5,14H2,1-3H3. The van der Waals surface area contributed by atoms with Gasteiger partial charge in [-0.1, -0.05) is 0 Å². The van der Waals surface area contributed by atoms with Crippen molar-refractivity contribution >= 4 is 32.1 Å². The Bertz CT molecular complexity index is 1780. The van der Waals surface area contributed by atoms with E-state index >= 15 is 0 Å². The summed E-state index contributed by atoms with van der Waals surface area (Å²) in [7, 11) is 1.26. The summed E-state index contributed by atoms with van der Waals surface area (Å²) in [5.41, 5.74) is 4.60. The van der Waals surface area contributed by atoms with Crippen molar-refractivity contribution in [3.05, 3.63) is 65.3 Å². The molecule has 0 unspecified atom stereocenters. The third-order valence-electron chi connectivity index (χ3n) is 6.89. The van der Waals surface area contributed by atoms with Gasteiger partial charge in [0.15, 0.2) is 0 Å². The number of imidazole rings is 2. The number of rotatable bonds is 6. The van der Waals surface area contributed by atoms with E-state index in [1.54, 1.807) is 41.4 Å². The lowest BCUT2D eigenvalue weighted by atomic mass is 10.2. The molecule has 35 heavy (non-hydrogen) atoms. The fourth-order valence-corrected chi connectivity index (χ4v) is 5.46. The highest BCUT2D eigenvalue weighted by molar-refractivity contribution is 7.89. The number of nitrogens with zero attached hydrogens (tertiary/aromatic N) is 5. The molecule has 5 aromatic rings. The van der Waals surface area contributed by atoms with Gasteiger partial charge in [0.25, 0.3) is 0 Å². The van der Waals surface area contributed by atoms with Gasteiger partial charge in [-0.05, 0) is 68.3 Å². The van der Waals surface area contributed by atoms with E-state index in [-0.39, 0.29) is 10.6 Å². The summed E-state index contributed by atoms with van der Waals surface area (Å²) in [6, 6.07) is 12.8. The Hall–Kier alpha value is -3.63. The maximum Gasteiger partial charge on any atom is 0.328 e. The van der Waals surface area contributed by atoms with Gasteiger partial charge in [0, 0.05) is 44.3 Å². The van der Waals surface area contributed by atoms with Crippen molar-refractivity contribution in [3.63, 3.8) is 0 Å². The topological polar surface area (TPSA) is 95.8 Å². The van der Waals surface area contributed by atoms with Gasteiger partial charge in [0.05, 0.1) is 27.0 Å². The van der Waals surface area contributed by atoms with Crippen molar-refractivity contribution in [2.75, 3.05) is 7.05 Å². The zero-order valence-corrected chi connectivity index (χ0v) is 20.6. The molecule has 3 aromatic heterocycles. The molecule has 1 aliphatic rings. The van der Waals surface area contributed by atoms with E-state index in [4.69, 9.17) is 4.98 Å². The summed E-state index contributed by atoms with van der Waals surface area (Å²) in [5.74, 6) is 1.46. The minimum atomic E-state index is -3.63. The molecule has 1 saturated carbocycles. The molecule has 1 fully saturated rings. The molecule has 180 valence electrons. The summed E-state index contributed by atoms with van der Waals surface area (Å²) in [6.07, 6.45) is 6.70. The number of aryl methyl sites for hydroxylation is 2. The molecule has 1 N–H and O–H groups in total. The van der Waals surface area contributed by atoms with E-state index in [9.17, 15) is 13.2 Å². The average molecular weight is 491 g/mol. The summed E-state index contributed by atoms with van der Waals surface area (Å²) in [6.45, 7) is 0.989. The molecular weight excluding hydrogens is 464 g/mol. The lowest BCUT2D eigenvalue weighted by molar-refractivity contribution is 0.588. The lowest BCUT2D eigenvalue weighted by Gasteiger charge is -2.10. The smallest absolute Gasteiger partial charge is 0.328 e. The lowest BCUT2D eigenvalue weighted by Crippen LogP contribution is -2.19. The molecule has 0 atom stereocenters. The number of aromatic nitrogens is 5. The van der Waals surface area contributed by atoms with Crippen molar-refractivity contribution in [3.8, 4) is 17.1 Å². The Morgan fingerprint density at radius 1 is 1.00 bits per heavy atom. The van der Waals surface area contributed by atoms with Crippen molar-refractivity contribution in [1.29, 1.82) is 0 Å². The van der Waals surface area contributed by atoms with E-state index in [1.807, 2.05) is 28.8 Å². The number of hydrogen-bond donors (Lipinski definition) is 1. The number of sulfonamides is 1. The summed E-state index contributed by atoms with van der Waals surface area (Å²) in [4.78, 5) is 17.6. The highest BCUT2D eigenvalue weighted by atomic mass is 32.2. The zero-order chi connectivity index (χ0) is 24.5. The number of benzene rings is 2. The first-order valence-electron chi connectivity index (χ1n) is 11.5. The third-order valence-corrected chi connectivity index (χ3v) is 8.31. The second kappa shape index (κ2) is 7.69. The molecule has 0 aliphatic heterocycles. The molecule has 0 amide bonds. The van der Waals surface area contributed by atoms with Gasteiger partial charge in [0.2, 0.25) is 10.0 Å². The van der Waals surface area contributed by atoms with Crippen LogP contribution in [0.4, 0.5) is 0 Å². The zero-order valence-electron chi connectivity index (χ0n) is 19.8. The molecule has 0 spiro atoms. The van der Waals surface area contributed by atoms with Crippen LogP contribution in [0.2, 0.25) is 0 Å². The molecule has 10 heteroatoms. The van der Waals surface area contributed by atoms with Crippen LogP contribution in [-0.2, 0) is 30.7 Å². The van der Waals surface area contributed by atoms with Gasteiger partial charge in [-0.15, -0.1) is 0 Å². The quantitative estimate of drug-likeness (QED) is 0.396. The first kappa shape index (κ1) is 21.9. The fourth-order valence-electron chi connectivity index (χ4n) is 4.71. The molecule has 2 aromatic carbocycles. The first-order chi connectivity index (χ1) is 16.8. The summed E-state index contributed by atoms with van der Waals surface area (Å²) < 4.78 is 34.9. The number of hydrogen-bond acceptors (Lipinski definition) is 4. The Balaban J connectivity index is 1.61. The van der Waals surface area contributed by atoms with Crippen molar-refractivity contribution in [1.82, 2.24) is 28.0 Å². The Labute approximate surface area is 202 Å². The minimum absolute atomic E-state index is 0.104. The monoisotopic (exact) mass is 490 g/mol. The molecule has 0 radical (unpaired) electrons. The number of nitrogens with one attached hydrogen (secondary N) is 1. The molecule has 1 aliphatic carbocycles. The molecule has 3 heterocycles. The van der Waals surface area contributed by atoms with Gasteiger partial charge < -0.3 is 4.57 Å².